The first-order chi connectivity index (χ1) is 11.7. The van der Waals surface area contributed by atoms with E-state index in [2.05, 4.69) is 46.2 Å². The summed E-state index contributed by atoms with van der Waals surface area (Å²) < 4.78 is 4.93. The second-order valence-electron chi connectivity index (χ2n) is 6.29. The van der Waals surface area contributed by atoms with Crippen LogP contribution in [0.1, 0.15) is 41.8 Å². The van der Waals surface area contributed by atoms with Gasteiger partial charge in [0.05, 0.1) is 0 Å². The summed E-state index contributed by atoms with van der Waals surface area (Å²) >= 11 is 0. The Kier molecular flexibility index (Phi) is 5.25. The molecule has 1 aliphatic rings. The predicted molar refractivity (Wildman–Crippen MR) is 90.5 cm³/mol. The Morgan fingerprint density at radius 2 is 2.08 bits per heavy atom. The van der Waals surface area contributed by atoms with Gasteiger partial charge in [-0.25, -0.2) is 0 Å². The molecule has 1 aromatic carbocycles. The lowest BCUT2D eigenvalue weighted by atomic mass is 10.0. The van der Waals surface area contributed by atoms with Crippen molar-refractivity contribution in [2.45, 2.75) is 39.3 Å². The minimum Gasteiger partial charge on any atom is -0.339 e. The molecular weight excluding hydrogens is 304 g/mol. The predicted octanol–water partition coefficient (Wildman–Crippen LogP) is 2.50. The van der Waals surface area contributed by atoms with E-state index >= 15 is 0 Å². The first-order valence-electron chi connectivity index (χ1n) is 8.55. The molecule has 0 aliphatic carbocycles. The highest BCUT2D eigenvalue weighted by Crippen LogP contribution is 2.19. The molecule has 1 aliphatic heterocycles. The van der Waals surface area contributed by atoms with Crippen LogP contribution in [0.15, 0.2) is 34.9 Å². The molecule has 2 heterocycles. The van der Waals surface area contributed by atoms with E-state index in [9.17, 15) is 4.79 Å². The lowest BCUT2D eigenvalue weighted by molar-refractivity contribution is 0.0426. The normalized spacial score (nSPS) is 18.8. The molecule has 128 valence electrons. The highest BCUT2D eigenvalue weighted by molar-refractivity contribution is 5.90. The number of hydrogen-bond donors (Lipinski definition) is 0. The number of carbonyl (C=O) groups is 1. The van der Waals surface area contributed by atoms with Crippen LogP contribution >= 0.6 is 0 Å². The molecular formula is C18H24N4O2. The topological polar surface area (TPSA) is 62.5 Å². The summed E-state index contributed by atoms with van der Waals surface area (Å²) in [5.41, 5.74) is 1.31. The number of aromatic nitrogens is 2. The molecule has 1 saturated heterocycles. The van der Waals surface area contributed by atoms with Crippen molar-refractivity contribution in [2.24, 2.45) is 0 Å². The molecule has 0 saturated carbocycles. The van der Waals surface area contributed by atoms with Gasteiger partial charge in [-0.1, -0.05) is 48.8 Å². The molecule has 0 radical (unpaired) electrons. The van der Waals surface area contributed by atoms with Gasteiger partial charge < -0.3 is 9.42 Å². The number of hydrogen-bond acceptors (Lipinski definition) is 5. The number of benzene rings is 1. The fourth-order valence-electron chi connectivity index (χ4n) is 3.24. The molecule has 1 amide bonds. The van der Waals surface area contributed by atoms with Gasteiger partial charge in [-0.15, -0.1) is 0 Å². The summed E-state index contributed by atoms with van der Waals surface area (Å²) in [7, 11) is 0. The molecule has 0 bridgehead atoms. The zero-order valence-corrected chi connectivity index (χ0v) is 14.3. The number of piperazine rings is 1. The van der Waals surface area contributed by atoms with E-state index in [0.29, 0.717) is 25.0 Å². The van der Waals surface area contributed by atoms with Crippen LogP contribution in [0.3, 0.4) is 0 Å². The number of nitrogens with zero attached hydrogens (tertiary/aromatic N) is 4. The maximum absolute atomic E-state index is 12.6. The van der Waals surface area contributed by atoms with E-state index in [1.165, 1.54) is 5.56 Å². The first-order valence-corrected chi connectivity index (χ1v) is 8.55. The molecule has 0 N–H and O–H groups in total. The van der Waals surface area contributed by atoms with Gasteiger partial charge in [0.15, 0.2) is 0 Å². The van der Waals surface area contributed by atoms with E-state index in [1.54, 1.807) is 6.92 Å². The monoisotopic (exact) mass is 328 g/mol. The van der Waals surface area contributed by atoms with Crippen molar-refractivity contribution >= 4 is 5.91 Å². The molecule has 1 aromatic heterocycles. The number of aryl methyl sites for hydroxylation is 1. The summed E-state index contributed by atoms with van der Waals surface area (Å²) in [4.78, 5) is 20.9. The van der Waals surface area contributed by atoms with Crippen LogP contribution in [-0.4, -0.2) is 51.5 Å². The van der Waals surface area contributed by atoms with Crippen molar-refractivity contribution < 1.29 is 9.32 Å². The lowest BCUT2D eigenvalue weighted by Crippen LogP contribution is -2.54. The number of rotatable bonds is 5. The van der Waals surface area contributed by atoms with Crippen molar-refractivity contribution in [3.63, 3.8) is 0 Å². The van der Waals surface area contributed by atoms with E-state index in [4.69, 9.17) is 4.52 Å². The smallest absolute Gasteiger partial charge is 0.295 e. The van der Waals surface area contributed by atoms with Crippen molar-refractivity contribution in [3.05, 3.63) is 47.6 Å². The Labute approximate surface area is 142 Å². The van der Waals surface area contributed by atoms with Crippen molar-refractivity contribution in [3.8, 4) is 0 Å². The van der Waals surface area contributed by atoms with E-state index in [1.807, 2.05) is 11.0 Å². The summed E-state index contributed by atoms with van der Waals surface area (Å²) in [6, 6.07) is 10.9. The maximum atomic E-state index is 12.6. The van der Waals surface area contributed by atoms with E-state index < -0.39 is 0 Å². The third-order valence-electron chi connectivity index (χ3n) is 4.46. The Hall–Kier alpha value is -2.21. The second kappa shape index (κ2) is 7.57. The zero-order valence-electron chi connectivity index (χ0n) is 14.3. The Balaban J connectivity index is 1.67. The Bertz CT molecular complexity index is 671. The van der Waals surface area contributed by atoms with Crippen molar-refractivity contribution in [2.75, 3.05) is 19.6 Å². The molecule has 24 heavy (non-hydrogen) atoms. The number of amides is 1. The van der Waals surface area contributed by atoms with Crippen LogP contribution in [-0.2, 0) is 6.54 Å². The average molecular weight is 328 g/mol. The number of carbonyl (C=O) groups excluding carboxylic acids is 1. The van der Waals surface area contributed by atoms with Crippen LogP contribution in [0.25, 0.3) is 0 Å². The van der Waals surface area contributed by atoms with Crippen LogP contribution in [0.5, 0.6) is 0 Å². The molecule has 6 heteroatoms. The Morgan fingerprint density at radius 1 is 1.29 bits per heavy atom. The summed E-state index contributed by atoms with van der Waals surface area (Å²) in [5.74, 6) is 0.456. The quantitative estimate of drug-likeness (QED) is 0.844. The van der Waals surface area contributed by atoms with Gasteiger partial charge in [-0.3, -0.25) is 9.69 Å². The minimum absolute atomic E-state index is 0.132. The van der Waals surface area contributed by atoms with E-state index in [-0.39, 0.29) is 11.7 Å². The second-order valence-corrected chi connectivity index (χ2v) is 6.29. The van der Waals surface area contributed by atoms with Gasteiger partial charge in [0, 0.05) is 39.1 Å². The van der Waals surface area contributed by atoms with Crippen LogP contribution in [0.2, 0.25) is 0 Å². The Morgan fingerprint density at radius 3 is 2.75 bits per heavy atom. The minimum atomic E-state index is -0.132. The highest BCUT2D eigenvalue weighted by atomic mass is 16.5. The molecule has 6 nitrogen and oxygen atoms in total. The van der Waals surface area contributed by atoms with Crippen LogP contribution < -0.4 is 0 Å². The van der Waals surface area contributed by atoms with Gasteiger partial charge in [0.25, 0.3) is 11.7 Å². The maximum Gasteiger partial charge on any atom is 0.295 e. The molecule has 1 atom stereocenters. The van der Waals surface area contributed by atoms with Gasteiger partial charge in [0.1, 0.15) is 0 Å². The first kappa shape index (κ1) is 16.6. The summed E-state index contributed by atoms with van der Waals surface area (Å²) in [5, 5.41) is 3.76. The lowest BCUT2D eigenvalue weighted by Gasteiger charge is -2.41. The largest absolute Gasteiger partial charge is 0.339 e. The molecule has 0 spiro atoms. The third kappa shape index (κ3) is 3.82. The zero-order chi connectivity index (χ0) is 16.9. The summed E-state index contributed by atoms with van der Waals surface area (Å²) in [6.45, 7) is 7.08. The van der Waals surface area contributed by atoms with Crippen molar-refractivity contribution in [1.29, 1.82) is 0 Å². The molecule has 0 unspecified atom stereocenters. The molecule has 2 aromatic rings. The standard InChI is InChI=1S/C18H24N4O2/c1-3-7-16-13-22(18(23)17-19-14(2)24-20-17)11-10-21(16)12-15-8-5-4-6-9-15/h4-6,8-9,16H,3,7,10-13H2,1-2H3/t16-/m1/s1. The molecule has 3 rings (SSSR count). The van der Waals surface area contributed by atoms with Crippen LogP contribution in [0.4, 0.5) is 0 Å². The van der Waals surface area contributed by atoms with E-state index in [0.717, 1.165) is 25.9 Å². The molecule has 1 fully saturated rings. The summed E-state index contributed by atoms with van der Waals surface area (Å²) in [6.07, 6.45) is 2.17. The van der Waals surface area contributed by atoms with Crippen LogP contribution in [0, 0.1) is 6.92 Å². The van der Waals surface area contributed by atoms with Gasteiger partial charge >= 0.3 is 0 Å². The van der Waals surface area contributed by atoms with Gasteiger partial charge in [0.2, 0.25) is 5.89 Å². The van der Waals surface area contributed by atoms with Crippen molar-refractivity contribution in [1.82, 2.24) is 19.9 Å². The third-order valence-corrected chi connectivity index (χ3v) is 4.46. The fourth-order valence-corrected chi connectivity index (χ4v) is 3.24. The fraction of sp³-hybridized carbons (Fsp3) is 0.500. The SMILES string of the molecule is CCC[C@@H]1CN(C(=O)c2noc(C)n2)CCN1Cc1ccccc1. The average Bonchev–Trinajstić information content (AvgIpc) is 3.03. The van der Waals surface area contributed by atoms with Gasteiger partial charge in [-0.05, 0) is 12.0 Å². The van der Waals surface area contributed by atoms with Gasteiger partial charge in [-0.2, -0.15) is 4.98 Å². The highest BCUT2D eigenvalue weighted by Gasteiger charge is 2.31.